The molecule has 0 amide bonds. The van der Waals surface area contributed by atoms with E-state index in [1.54, 1.807) is 17.3 Å². The number of anilines is 1. The maximum Gasteiger partial charge on any atom is 0.166 e. The Morgan fingerprint density at radius 3 is 2.82 bits per heavy atom. The number of terminal acetylenes is 1. The summed E-state index contributed by atoms with van der Waals surface area (Å²) in [6.07, 6.45) is 10.2. The van der Waals surface area contributed by atoms with Crippen LogP contribution in [0.25, 0.3) is 10.9 Å². The van der Waals surface area contributed by atoms with Gasteiger partial charge in [-0.2, -0.15) is 0 Å². The van der Waals surface area contributed by atoms with Crippen molar-refractivity contribution in [3.63, 3.8) is 0 Å². The Morgan fingerprint density at radius 2 is 2.09 bits per heavy atom. The molecule has 3 aromatic rings. The van der Waals surface area contributed by atoms with Crippen molar-refractivity contribution in [3.05, 3.63) is 60.3 Å². The first-order valence-corrected chi connectivity index (χ1v) is 6.60. The average molecular weight is 316 g/mol. The van der Waals surface area contributed by atoms with E-state index in [0.717, 1.165) is 16.5 Å². The van der Waals surface area contributed by atoms with E-state index in [1.807, 2.05) is 42.1 Å². The normalized spacial score (nSPS) is 10.0. The van der Waals surface area contributed by atoms with Gasteiger partial charge in [-0.1, -0.05) is 24.1 Å². The van der Waals surface area contributed by atoms with Crippen LogP contribution in [0.1, 0.15) is 5.56 Å². The molecule has 3 nitrogen and oxygen atoms in total. The lowest BCUT2D eigenvalue weighted by atomic mass is 10.2. The highest BCUT2D eigenvalue weighted by molar-refractivity contribution is 5.85. The van der Waals surface area contributed by atoms with Gasteiger partial charge >= 0.3 is 0 Å². The molecule has 0 spiro atoms. The van der Waals surface area contributed by atoms with Gasteiger partial charge in [-0.25, -0.2) is 4.39 Å². The van der Waals surface area contributed by atoms with E-state index in [2.05, 4.69) is 10.9 Å². The smallest absolute Gasteiger partial charge is 0.166 e. The van der Waals surface area contributed by atoms with Crippen molar-refractivity contribution in [2.45, 2.75) is 6.92 Å². The van der Waals surface area contributed by atoms with Gasteiger partial charge in [-0.3, -0.25) is 14.7 Å². The molecule has 0 atom stereocenters. The Bertz CT molecular complexity index is 835. The van der Waals surface area contributed by atoms with Gasteiger partial charge in [0, 0.05) is 17.8 Å². The zero-order valence-electron chi connectivity index (χ0n) is 12.0. The van der Waals surface area contributed by atoms with Crippen LogP contribution < -0.4 is 5.01 Å². The summed E-state index contributed by atoms with van der Waals surface area (Å²) >= 11 is 0. The van der Waals surface area contributed by atoms with Crippen LogP contribution in [0.4, 0.5) is 10.1 Å². The van der Waals surface area contributed by atoms with Crippen LogP contribution in [-0.2, 0) is 0 Å². The third-order valence-electron chi connectivity index (χ3n) is 3.42. The van der Waals surface area contributed by atoms with Crippen LogP contribution in [0.3, 0.4) is 0 Å². The van der Waals surface area contributed by atoms with Crippen LogP contribution >= 0.6 is 12.4 Å². The second-order valence-electron chi connectivity index (χ2n) is 4.76. The predicted molar refractivity (Wildman–Crippen MR) is 89.7 cm³/mol. The summed E-state index contributed by atoms with van der Waals surface area (Å²) in [5.74, 6) is 2.18. The van der Waals surface area contributed by atoms with Crippen LogP contribution in [-0.4, -0.2) is 16.2 Å². The molecule has 22 heavy (non-hydrogen) atoms. The number of fused-ring (bicyclic) bond motifs is 1. The summed E-state index contributed by atoms with van der Waals surface area (Å²) in [7, 11) is 0. The zero-order chi connectivity index (χ0) is 14.8. The molecule has 0 aliphatic rings. The molecule has 2 aromatic heterocycles. The fourth-order valence-electron chi connectivity index (χ4n) is 2.47. The van der Waals surface area contributed by atoms with Gasteiger partial charge in [0.15, 0.2) is 5.82 Å². The minimum absolute atomic E-state index is 0. The molecule has 5 heteroatoms. The minimum atomic E-state index is -0.400. The van der Waals surface area contributed by atoms with E-state index >= 15 is 0 Å². The Balaban J connectivity index is 0.00000176. The van der Waals surface area contributed by atoms with Crippen molar-refractivity contribution in [2.75, 3.05) is 11.6 Å². The van der Waals surface area contributed by atoms with Crippen molar-refractivity contribution >= 4 is 29.0 Å². The highest BCUT2D eigenvalue weighted by Gasteiger charge is 2.15. The highest BCUT2D eigenvalue weighted by Crippen LogP contribution is 2.25. The van der Waals surface area contributed by atoms with Gasteiger partial charge in [0.2, 0.25) is 0 Å². The first kappa shape index (κ1) is 15.9. The van der Waals surface area contributed by atoms with Gasteiger partial charge < -0.3 is 0 Å². The summed E-state index contributed by atoms with van der Waals surface area (Å²) in [6, 6.07) is 9.59. The summed E-state index contributed by atoms with van der Waals surface area (Å²) in [5.41, 5.74) is 2.51. The number of rotatable bonds is 3. The molecule has 0 fully saturated rings. The quantitative estimate of drug-likeness (QED) is 0.685. The molecule has 0 bridgehead atoms. The Kier molecular flexibility index (Phi) is 4.69. The largest absolute Gasteiger partial charge is 0.266 e. The first-order valence-electron chi connectivity index (χ1n) is 6.60. The number of pyridine rings is 1. The van der Waals surface area contributed by atoms with Gasteiger partial charge in [-0.05, 0) is 24.6 Å². The molecular weight excluding hydrogens is 301 g/mol. The van der Waals surface area contributed by atoms with Gasteiger partial charge in [0.1, 0.15) is 6.54 Å². The van der Waals surface area contributed by atoms with Gasteiger partial charge in [0.25, 0.3) is 0 Å². The third kappa shape index (κ3) is 2.63. The second kappa shape index (κ2) is 6.50. The SMILES string of the molecule is C#CCN(c1ccncc1F)n1cc(C)c2ccccc21.Cl. The van der Waals surface area contributed by atoms with Crippen LogP contribution in [0.2, 0.25) is 0 Å². The predicted octanol–water partition coefficient (Wildman–Crippen LogP) is 3.81. The molecule has 0 aliphatic heterocycles. The second-order valence-corrected chi connectivity index (χ2v) is 4.76. The molecule has 0 unspecified atom stereocenters. The van der Waals surface area contributed by atoms with Crippen molar-refractivity contribution < 1.29 is 4.39 Å². The Morgan fingerprint density at radius 1 is 1.32 bits per heavy atom. The molecule has 2 heterocycles. The molecule has 112 valence electrons. The Hall–Kier alpha value is -2.51. The summed E-state index contributed by atoms with van der Waals surface area (Å²) < 4.78 is 16.0. The van der Waals surface area contributed by atoms with E-state index in [-0.39, 0.29) is 19.0 Å². The molecule has 0 saturated heterocycles. The number of para-hydroxylation sites is 1. The number of hydrogen-bond donors (Lipinski definition) is 0. The van der Waals surface area contributed by atoms with Crippen LogP contribution in [0.5, 0.6) is 0 Å². The number of benzene rings is 1. The maximum atomic E-state index is 14.1. The molecule has 0 aliphatic carbocycles. The number of halogens is 2. The molecular formula is C17H15ClFN3. The molecule has 0 N–H and O–H groups in total. The van der Waals surface area contributed by atoms with E-state index in [4.69, 9.17) is 6.42 Å². The standard InChI is InChI=1S/C17H14FN3.ClH/c1-3-10-20(17-8-9-19-11-15(17)18)21-12-13(2)14-6-4-5-7-16(14)21;/h1,4-9,11-12H,10H2,2H3;1H. The van der Waals surface area contributed by atoms with Crippen molar-refractivity contribution in [1.82, 2.24) is 9.66 Å². The zero-order valence-corrected chi connectivity index (χ0v) is 12.8. The van der Waals surface area contributed by atoms with Crippen LogP contribution in [0, 0.1) is 25.1 Å². The van der Waals surface area contributed by atoms with Gasteiger partial charge in [0.05, 0.1) is 17.4 Å². The maximum absolute atomic E-state index is 14.1. The topological polar surface area (TPSA) is 21.1 Å². The monoisotopic (exact) mass is 315 g/mol. The number of hydrogen-bond acceptors (Lipinski definition) is 2. The lowest BCUT2D eigenvalue weighted by Crippen LogP contribution is -2.30. The third-order valence-corrected chi connectivity index (χ3v) is 3.42. The number of aryl methyl sites for hydroxylation is 1. The highest BCUT2D eigenvalue weighted by atomic mass is 35.5. The molecule has 1 aromatic carbocycles. The lowest BCUT2D eigenvalue weighted by Gasteiger charge is -2.25. The van der Waals surface area contributed by atoms with E-state index < -0.39 is 5.82 Å². The first-order chi connectivity index (χ1) is 10.2. The van der Waals surface area contributed by atoms with Crippen molar-refractivity contribution in [3.8, 4) is 12.3 Å². The summed E-state index contributed by atoms with van der Waals surface area (Å²) in [6.45, 7) is 2.29. The summed E-state index contributed by atoms with van der Waals surface area (Å²) in [4.78, 5) is 3.79. The number of nitrogens with zero attached hydrogens (tertiary/aromatic N) is 3. The van der Waals surface area contributed by atoms with E-state index in [9.17, 15) is 4.39 Å². The molecule has 0 radical (unpaired) electrons. The Labute approximate surface area is 134 Å². The van der Waals surface area contributed by atoms with Crippen molar-refractivity contribution in [2.24, 2.45) is 0 Å². The fraction of sp³-hybridized carbons (Fsp3) is 0.118. The summed E-state index contributed by atoms with van der Waals surface area (Å²) in [5, 5.41) is 2.85. The molecule has 3 rings (SSSR count). The van der Waals surface area contributed by atoms with Crippen molar-refractivity contribution in [1.29, 1.82) is 0 Å². The van der Waals surface area contributed by atoms with E-state index in [0.29, 0.717) is 5.69 Å². The minimum Gasteiger partial charge on any atom is -0.266 e. The lowest BCUT2D eigenvalue weighted by molar-refractivity contribution is 0.606. The van der Waals surface area contributed by atoms with E-state index in [1.165, 1.54) is 6.20 Å². The fourth-order valence-corrected chi connectivity index (χ4v) is 2.47. The van der Waals surface area contributed by atoms with Crippen LogP contribution in [0.15, 0.2) is 48.9 Å². The average Bonchev–Trinajstić information content (AvgIpc) is 2.83. The number of aromatic nitrogens is 2. The van der Waals surface area contributed by atoms with Gasteiger partial charge in [-0.15, -0.1) is 18.8 Å². The molecule has 0 saturated carbocycles.